The summed E-state index contributed by atoms with van der Waals surface area (Å²) in [5.41, 5.74) is 0.530. The molecule has 1 saturated heterocycles. The summed E-state index contributed by atoms with van der Waals surface area (Å²) in [5.74, 6) is 0. The molecule has 0 atom stereocenters. The Balaban J connectivity index is 2.03. The van der Waals surface area contributed by atoms with Crippen LogP contribution in [-0.2, 0) is 5.21 Å². The zero-order valence-corrected chi connectivity index (χ0v) is 4.89. The highest BCUT2D eigenvalue weighted by atomic mass is 16.5. The zero-order chi connectivity index (χ0) is 5.61. The summed E-state index contributed by atoms with van der Waals surface area (Å²) in [6.45, 7) is 1.62. The van der Waals surface area contributed by atoms with Gasteiger partial charge in [0, 0.05) is 13.1 Å². The predicted octanol–water partition coefficient (Wildman–Crippen LogP) is 0.818. The minimum atomic E-state index is 0.530. The van der Waals surface area contributed by atoms with Gasteiger partial charge in [0.2, 0.25) is 0 Å². The lowest BCUT2D eigenvalue weighted by Gasteiger charge is -2.00. The van der Waals surface area contributed by atoms with Crippen LogP contribution in [0.2, 0.25) is 0 Å². The van der Waals surface area contributed by atoms with Crippen molar-refractivity contribution in [1.29, 1.82) is 0 Å². The van der Waals surface area contributed by atoms with E-state index in [1.54, 1.807) is 0 Å². The summed E-state index contributed by atoms with van der Waals surface area (Å²) in [5, 5.41) is 11.8. The largest absolute Gasteiger partial charge is 0.154 e. The van der Waals surface area contributed by atoms with Crippen molar-refractivity contribution in [2.45, 2.75) is 19.3 Å². The Morgan fingerprint density at radius 1 is 1.25 bits per heavy atom. The van der Waals surface area contributed by atoms with Gasteiger partial charge in [0.15, 0.2) is 0 Å². The van der Waals surface area contributed by atoms with Gasteiger partial charge in [-0.3, -0.25) is 0 Å². The first kappa shape index (κ1) is 4.77. The molecule has 0 aromatic rings. The van der Waals surface area contributed by atoms with Gasteiger partial charge in [0.05, 0.1) is 0 Å². The average molecular weight is 112 g/mol. The van der Waals surface area contributed by atoms with Gasteiger partial charge in [-0.1, -0.05) is 0 Å². The molecule has 2 rings (SSSR count). The Bertz CT molecular complexity index is 109. The van der Waals surface area contributed by atoms with Gasteiger partial charge in [-0.15, -0.1) is 5.21 Å². The molecule has 2 heteroatoms. The minimum Gasteiger partial charge on any atom is -0.154 e. The molecule has 1 saturated carbocycles. The zero-order valence-electron chi connectivity index (χ0n) is 4.89. The molecule has 2 fully saturated rings. The maximum Gasteiger partial charge on any atom is 0.0328 e. The molecule has 1 heterocycles. The maximum absolute atomic E-state index is 10.6. The maximum atomic E-state index is 10.6. The van der Waals surface area contributed by atoms with Crippen molar-refractivity contribution in [3.8, 4) is 0 Å². The van der Waals surface area contributed by atoms with E-state index in [4.69, 9.17) is 0 Å². The summed E-state index contributed by atoms with van der Waals surface area (Å²) in [6, 6.07) is 0. The average Bonchev–Trinajstić information content (AvgIpc) is 2.34. The topological polar surface area (TPSA) is 23.1 Å². The molecule has 0 aromatic heterocycles. The monoisotopic (exact) mass is 112 g/mol. The van der Waals surface area contributed by atoms with Crippen LogP contribution < -0.4 is 0 Å². The van der Waals surface area contributed by atoms with Crippen molar-refractivity contribution >= 4 is 0 Å². The molecule has 45 valence electrons. The third-order valence-corrected chi connectivity index (χ3v) is 2.36. The molecule has 0 aromatic carbocycles. The van der Waals surface area contributed by atoms with E-state index < -0.39 is 0 Å². The number of hydrogen-bond acceptors (Lipinski definition) is 1. The summed E-state index contributed by atoms with van der Waals surface area (Å²) in [6.07, 6.45) is 3.79. The van der Waals surface area contributed by atoms with Crippen molar-refractivity contribution in [1.82, 2.24) is 5.06 Å². The molecular formula is C6H10NO. The summed E-state index contributed by atoms with van der Waals surface area (Å²) in [7, 11) is 0. The first-order chi connectivity index (χ1) is 3.81. The van der Waals surface area contributed by atoms with Crippen molar-refractivity contribution in [3.63, 3.8) is 0 Å². The quantitative estimate of drug-likeness (QED) is 0.455. The number of hydroxylamine groups is 2. The Labute approximate surface area is 49.1 Å². The predicted molar refractivity (Wildman–Crippen MR) is 28.5 cm³/mol. The molecular weight excluding hydrogens is 102 g/mol. The lowest BCUT2D eigenvalue weighted by molar-refractivity contribution is -0.141. The van der Waals surface area contributed by atoms with Crippen molar-refractivity contribution < 1.29 is 5.21 Å². The van der Waals surface area contributed by atoms with E-state index in [9.17, 15) is 5.21 Å². The Morgan fingerprint density at radius 3 is 2.25 bits per heavy atom. The SMILES string of the molecule is [O]N1CCC2(CC2)C1. The lowest BCUT2D eigenvalue weighted by Crippen LogP contribution is -2.13. The molecule has 2 aliphatic rings. The van der Waals surface area contributed by atoms with E-state index in [1.165, 1.54) is 17.9 Å². The van der Waals surface area contributed by atoms with Crippen LogP contribution in [0.15, 0.2) is 0 Å². The van der Waals surface area contributed by atoms with E-state index in [2.05, 4.69) is 0 Å². The van der Waals surface area contributed by atoms with E-state index in [-0.39, 0.29) is 0 Å². The van der Waals surface area contributed by atoms with Crippen LogP contribution in [0.5, 0.6) is 0 Å². The van der Waals surface area contributed by atoms with Gasteiger partial charge in [-0.2, -0.15) is 5.06 Å². The van der Waals surface area contributed by atoms with Gasteiger partial charge in [0.25, 0.3) is 0 Å². The molecule has 8 heavy (non-hydrogen) atoms. The van der Waals surface area contributed by atoms with E-state index in [0.717, 1.165) is 19.5 Å². The second kappa shape index (κ2) is 1.25. The molecule has 0 amide bonds. The molecule has 2 nitrogen and oxygen atoms in total. The Hall–Kier alpha value is -0.0800. The van der Waals surface area contributed by atoms with Crippen molar-refractivity contribution in [2.75, 3.05) is 13.1 Å². The van der Waals surface area contributed by atoms with Crippen LogP contribution in [-0.4, -0.2) is 18.2 Å². The van der Waals surface area contributed by atoms with Gasteiger partial charge in [0.1, 0.15) is 0 Å². The van der Waals surface area contributed by atoms with Crippen LogP contribution in [0.25, 0.3) is 0 Å². The van der Waals surface area contributed by atoms with Gasteiger partial charge < -0.3 is 0 Å². The second-order valence-electron chi connectivity index (χ2n) is 3.11. The van der Waals surface area contributed by atoms with Crippen LogP contribution >= 0.6 is 0 Å². The van der Waals surface area contributed by atoms with Gasteiger partial charge in [-0.05, 0) is 24.7 Å². The van der Waals surface area contributed by atoms with Crippen LogP contribution in [0.1, 0.15) is 19.3 Å². The highest BCUT2D eigenvalue weighted by Gasteiger charge is 2.47. The van der Waals surface area contributed by atoms with Gasteiger partial charge >= 0.3 is 0 Å². The first-order valence-electron chi connectivity index (χ1n) is 3.23. The van der Waals surface area contributed by atoms with E-state index in [0.29, 0.717) is 5.41 Å². The molecule has 1 radical (unpaired) electrons. The third kappa shape index (κ3) is 0.565. The van der Waals surface area contributed by atoms with Gasteiger partial charge in [-0.25, -0.2) is 0 Å². The lowest BCUT2D eigenvalue weighted by atomic mass is 10.1. The second-order valence-corrected chi connectivity index (χ2v) is 3.11. The van der Waals surface area contributed by atoms with Crippen LogP contribution in [0, 0.1) is 5.41 Å². The Morgan fingerprint density at radius 2 is 2.00 bits per heavy atom. The molecule has 0 bridgehead atoms. The van der Waals surface area contributed by atoms with E-state index >= 15 is 0 Å². The fourth-order valence-corrected chi connectivity index (χ4v) is 1.48. The van der Waals surface area contributed by atoms with E-state index in [1.807, 2.05) is 0 Å². The van der Waals surface area contributed by atoms with Crippen molar-refractivity contribution in [2.24, 2.45) is 5.41 Å². The normalized spacial score (nSPS) is 34.1. The van der Waals surface area contributed by atoms with Crippen LogP contribution in [0.3, 0.4) is 0 Å². The number of rotatable bonds is 0. The standard InChI is InChI=1S/C6H10NO/c8-7-4-3-6(5-7)1-2-6/h1-5H2. The third-order valence-electron chi connectivity index (χ3n) is 2.36. The fourth-order valence-electron chi connectivity index (χ4n) is 1.48. The molecule has 1 spiro atoms. The molecule has 0 unspecified atom stereocenters. The summed E-state index contributed by atoms with van der Waals surface area (Å²) < 4.78 is 0. The summed E-state index contributed by atoms with van der Waals surface area (Å²) >= 11 is 0. The highest BCUT2D eigenvalue weighted by Crippen LogP contribution is 2.52. The smallest absolute Gasteiger partial charge is 0.0328 e. The minimum absolute atomic E-state index is 0.530. The molecule has 1 aliphatic carbocycles. The number of hydrogen-bond donors (Lipinski definition) is 0. The first-order valence-corrected chi connectivity index (χ1v) is 3.23. The number of nitrogens with zero attached hydrogens (tertiary/aromatic N) is 1. The highest BCUT2D eigenvalue weighted by molar-refractivity contribution is 4.98. The Kier molecular flexibility index (Phi) is 0.746. The summed E-state index contributed by atoms with van der Waals surface area (Å²) in [4.78, 5) is 0. The van der Waals surface area contributed by atoms with Crippen molar-refractivity contribution in [3.05, 3.63) is 0 Å². The fraction of sp³-hybridized carbons (Fsp3) is 1.00. The molecule has 1 aliphatic heterocycles. The molecule has 0 N–H and O–H groups in total. The van der Waals surface area contributed by atoms with Crippen LogP contribution in [0.4, 0.5) is 0 Å².